The largest absolute Gasteiger partial charge is 0.508 e. The van der Waals surface area contributed by atoms with Crippen LogP contribution in [0.1, 0.15) is 11.1 Å². The van der Waals surface area contributed by atoms with Gasteiger partial charge < -0.3 is 5.11 Å². The summed E-state index contributed by atoms with van der Waals surface area (Å²) in [6.07, 6.45) is 0. The number of aromatic hydroxyl groups is 1. The van der Waals surface area contributed by atoms with Crippen molar-refractivity contribution in [1.29, 1.82) is 0 Å². The minimum Gasteiger partial charge on any atom is -0.508 e. The summed E-state index contributed by atoms with van der Waals surface area (Å²) in [5.74, 6) is 5.69. The van der Waals surface area contributed by atoms with Crippen molar-refractivity contribution < 1.29 is 5.11 Å². The van der Waals surface area contributed by atoms with Crippen LogP contribution in [0, 0.1) is 18.8 Å². The van der Waals surface area contributed by atoms with Crippen molar-refractivity contribution in [3.8, 4) is 17.6 Å². The first-order valence-corrected chi connectivity index (χ1v) is 4.03. The lowest BCUT2D eigenvalue weighted by atomic mass is 10.1. The summed E-state index contributed by atoms with van der Waals surface area (Å²) in [5, 5.41) is 12.5. The first-order valence-electron chi connectivity index (χ1n) is 4.03. The third-order valence-corrected chi connectivity index (χ3v) is 1.66. The van der Waals surface area contributed by atoms with Crippen LogP contribution in [0.25, 0.3) is 10.4 Å². The molecule has 0 aliphatic rings. The molecular weight excluding hydrogens is 178 g/mol. The van der Waals surface area contributed by atoms with E-state index in [1.54, 1.807) is 18.2 Å². The van der Waals surface area contributed by atoms with Gasteiger partial charge in [-0.15, -0.1) is 0 Å². The summed E-state index contributed by atoms with van der Waals surface area (Å²) in [7, 11) is 0. The zero-order chi connectivity index (χ0) is 10.4. The van der Waals surface area contributed by atoms with Gasteiger partial charge >= 0.3 is 0 Å². The second-order valence-electron chi connectivity index (χ2n) is 2.69. The highest BCUT2D eigenvalue weighted by Crippen LogP contribution is 2.14. The Bertz CT molecular complexity index is 436. The lowest BCUT2D eigenvalue weighted by Gasteiger charge is -1.97. The third kappa shape index (κ3) is 2.74. The lowest BCUT2D eigenvalue weighted by Crippen LogP contribution is -1.81. The molecule has 0 amide bonds. The van der Waals surface area contributed by atoms with Gasteiger partial charge in [-0.05, 0) is 30.2 Å². The summed E-state index contributed by atoms with van der Waals surface area (Å²) in [6.45, 7) is 2.04. The third-order valence-electron chi connectivity index (χ3n) is 1.66. The SMILES string of the molecule is Cc1ccc(O)cc1C#CCN=[N+]=[N-]. The highest BCUT2D eigenvalue weighted by Gasteiger charge is 1.94. The topological polar surface area (TPSA) is 69.0 Å². The van der Waals surface area contributed by atoms with Gasteiger partial charge in [0.25, 0.3) is 0 Å². The molecule has 4 nitrogen and oxygen atoms in total. The maximum Gasteiger partial charge on any atom is 0.116 e. The molecule has 0 bridgehead atoms. The molecule has 0 unspecified atom stereocenters. The van der Waals surface area contributed by atoms with E-state index in [-0.39, 0.29) is 12.3 Å². The van der Waals surface area contributed by atoms with E-state index in [0.717, 1.165) is 11.1 Å². The van der Waals surface area contributed by atoms with Crippen molar-refractivity contribution in [2.75, 3.05) is 6.54 Å². The summed E-state index contributed by atoms with van der Waals surface area (Å²) < 4.78 is 0. The Morgan fingerprint density at radius 2 is 2.36 bits per heavy atom. The number of nitrogens with zero attached hydrogens (tertiary/aromatic N) is 3. The van der Waals surface area contributed by atoms with Gasteiger partial charge in [0.05, 0.1) is 6.54 Å². The van der Waals surface area contributed by atoms with Crippen molar-refractivity contribution in [3.05, 3.63) is 39.8 Å². The molecule has 1 rings (SSSR count). The standard InChI is InChI=1S/C10H9N3O/c1-8-4-5-10(14)7-9(8)3-2-6-12-13-11/h4-5,7,14H,6H2,1H3. The van der Waals surface area contributed by atoms with E-state index in [2.05, 4.69) is 21.9 Å². The van der Waals surface area contributed by atoms with E-state index >= 15 is 0 Å². The molecule has 0 radical (unpaired) electrons. The number of azide groups is 1. The van der Waals surface area contributed by atoms with Crippen LogP contribution >= 0.6 is 0 Å². The molecule has 1 N–H and O–H groups in total. The van der Waals surface area contributed by atoms with Crippen molar-refractivity contribution in [2.24, 2.45) is 5.11 Å². The number of benzene rings is 1. The fourth-order valence-corrected chi connectivity index (χ4v) is 0.946. The van der Waals surface area contributed by atoms with Crippen molar-refractivity contribution in [1.82, 2.24) is 0 Å². The molecule has 70 valence electrons. The molecule has 0 heterocycles. The maximum atomic E-state index is 9.19. The summed E-state index contributed by atoms with van der Waals surface area (Å²) in [6, 6.07) is 4.97. The van der Waals surface area contributed by atoms with Crippen LogP contribution in [0.2, 0.25) is 0 Å². The minimum absolute atomic E-state index is 0.144. The van der Waals surface area contributed by atoms with Crippen LogP contribution in [0.4, 0.5) is 0 Å². The maximum absolute atomic E-state index is 9.19. The number of aryl methyl sites for hydroxylation is 1. The van der Waals surface area contributed by atoms with Gasteiger partial charge in [0.2, 0.25) is 0 Å². The van der Waals surface area contributed by atoms with Crippen LogP contribution in [-0.4, -0.2) is 11.7 Å². The summed E-state index contributed by atoms with van der Waals surface area (Å²) >= 11 is 0. The highest BCUT2D eigenvalue weighted by molar-refractivity contribution is 5.45. The fraction of sp³-hybridized carbons (Fsp3) is 0.200. The molecule has 0 spiro atoms. The molecule has 0 aromatic heterocycles. The number of phenols is 1. The van der Waals surface area contributed by atoms with E-state index < -0.39 is 0 Å². The number of phenolic OH excluding ortho intramolecular Hbond substituents is 1. The molecule has 1 aromatic rings. The smallest absolute Gasteiger partial charge is 0.116 e. The van der Waals surface area contributed by atoms with Gasteiger partial charge in [0, 0.05) is 10.5 Å². The Morgan fingerprint density at radius 1 is 1.57 bits per heavy atom. The van der Waals surface area contributed by atoms with Crippen molar-refractivity contribution in [2.45, 2.75) is 6.92 Å². The van der Waals surface area contributed by atoms with Crippen LogP contribution in [0.5, 0.6) is 5.75 Å². The molecular formula is C10H9N3O. The molecule has 0 saturated heterocycles. The van der Waals surface area contributed by atoms with Crippen LogP contribution in [0.3, 0.4) is 0 Å². The van der Waals surface area contributed by atoms with Gasteiger partial charge in [-0.1, -0.05) is 23.0 Å². The average molecular weight is 187 g/mol. The number of hydrogen-bond donors (Lipinski definition) is 1. The molecule has 0 aliphatic heterocycles. The number of rotatable bonds is 1. The Labute approximate surface area is 81.8 Å². The Morgan fingerprint density at radius 3 is 3.07 bits per heavy atom. The molecule has 0 aliphatic carbocycles. The Kier molecular flexibility index (Phi) is 3.42. The van der Waals surface area contributed by atoms with E-state index in [0.29, 0.717) is 0 Å². The highest BCUT2D eigenvalue weighted by atomic mass is 16.3. The van der Waals surface area contributed by atoms with E-state index in [1.165, 1.54) is 0 Å². The summed E-state index contributed by atoms with van der Waals surface area (Å²) in [4.78, 5) is 2.58. The Balaban J connectivity index is 2.88. The molecule has 0 fully saturated rings. The van der Waals surface area contributed by atoms with Crippen molar-refractivity contribution in [3.63, 3.8) is 0 Å². The minimum atomic E-state index is 0.144. The summed E-state index contributed by atoms with van der Waals surface area (Å²) in [5.41, 5.74) is 9.74. The average Bonchev–Trinajstić information content (AvgIpc) is 2.18. The van der Waals surface area contributed by atoms with E-state index in [4.69, 9.17) is 5.53 Å². The molecule has 14 heavy (non-hydrogen) atoms. The number of hydrogen-bond acceptors (Lipinski definition) is 2. The van der Waals surface area contributed by atoms with Gasteiger partial charge in [0.15, 0.2) is 0 Å². The van der Waals surface area contributed by atoms with Gasteiger partial charge in [-0.2, -0.15) is 0 Å². The molecule has 4 heteroatoms. The van der Waals surface area contributed by atoms with Gasteiger partial charge in [-0.25, -0.2) is 0 Å². The lowest BCUT2D eigenvalue weighted by molar-refractivity contribution is 0.475. The predicted octanol–water partition coefficient (Wildman–Crippen LogP) is 2.36. The zero-order valence-electron chi connectivity index (χ0n) is 7.73. The molecule has 0 saturated carbocycles. The molecule has 1 aromatic carbocycles. The first kappa shape index (κ1) is 9.97. The van der Waals surface area contributed by atoms with Gasteiger partial charge in [0.1, 0.15) is 5.75 Å². The van der Waals surface area contributed by atoms with Crippen LogP contribution in [0.15, 0.2) is 23.3 Å². The molecule has 0 atom stereocenters. The normalized spacial score (nSPS) is 8.36. The second-order valence-corrected chi connectivity index (χ2v) is 2.69. The fourth-order valence-electron chi connectivity index (χ4n) is 0.946. The first-order chi connectivity index (χ1) is 6.74. The van der Waals surface area contributed by atoms with Gasteiger partial charge in [-0.3, -0.25) is 0 Å². The van der Waals surface area contributed by atoms with E-state index in [9.17, 15) is 5.11 Å². The zero-order valence-corrected chi connectivity index (χ0v) is 7.73. The predicted molar refractivity (Wildman–Crippen MR) is 53.7 cm³/mol. The Hall–Kier alpha value is -2.11. The second kappa shape index (κ2) is 4.80. The van der Waals surface area contributed by atoms with E-state index in [1.807, 2.05) is 6.92 Å². The van der Waals surface area contributed by atoms with Crippen molar-refractivity contribution >= 4 is 0 Å². The van der Waals surface area contributed by atoms with Crippen LogP contribution in [-0.2, 0) is 0 Å². The van der Waals surface area contributed by atoms with Crippen LogP contribution < -0.4 is 0 Å². The monoisotopic (exact) mass is 187 g/mol. The quantitative estimate of drug-likeness (QED) is 0.312.